The Hall–Kier alpha value is -1.18. The van der Waals surface area contributed by atoms with Crippen LogP contribution in [0.4, 0.5) is 5.95 Å². The Labute approximate surface area is 136 Å². The van der Waals surface area contributed by atoms with Crippen LogP contribution in [0.5, 0.6) is 5.88 Å². The maximum atomic E-state index is 5.12. The largest absolute Gasteiger partial charge is 0.481 e. The molecule has 3 rings (SSSR count). The van der Waals surface area contributed by atoms with Crippen molar-refractivity contribution >= 4 is 33.2 Å². The molecule has 0 amide bonds. The summed E-state index contributed by atoms with van der Waals surface area (Å²) in [7, 11) is 1.61. The van der Waals surface area contributed by atoms with E-state index in [9.17, 15) is 0 Å². The van der Waals surface area contributed by atoms with Gasteiger partial charge in [0.25, 0.3) is 0 Å². The standard InChI is InChI=1S/C14H17BrN4OS/c1-20-13-4-6-16-14(18-13)17-10-5-7-19(8-10)9-11-2-3-12(15)21-11/h2-4,6,10H,5,7-9H2,1H3,(H,16,17,18). The summed E-state index contributed by atoms with van der Waals surface area (Å²) >= 11 is 5.31. The number of nitrogens with one attached hydrogen (secondary N) is 1. The normalized spacial score (nSPS) is 18.9. The van der Waals surface area contributed by atoms with Crippen LogP contribution < -0.4 is 10.1 Å². The maximum Gasteiger partial charge on any atom is 0.226 e. The monoisotopic (exact) mass is 368 g/mol. The number of halogens is 1. The molecule has 1 aliphatic heterocycles. The van der Waals surface area contributed by atoms with Crippen LogP contribution in [0.25, 0.3) is 0 Å². The summed E-state index contributed by atoms with van der Waals surface area (Å²) in [5.74, 6) is 1.23. The van der Waals surface area contributed by atoms with Crippen molar-refractivity contribution in [3.63, 3.8) is 0 Å². The second-order valence-corrected chi connectivity index (χ2v) is 7.54. The van der Waals surface area contributed by atoms with Crippen LogP contribution in [0, 0.1) is 0 Å². The predicted octanol–water partition coefficient (Wildman–Crippen LogP) is 3.00. The fraction of sp³-hybridized carbons (Fsp3) is 0.429. The molecule has 1 aliphatic rings. The number of rotatable bonds is 5. The summed E-state index contributed by atoms with van der Waals surface area (Å²) in [6.45, 7) is 3.11. The summed E-state index contributed by atoms with van der Waals surface area (Å²) in [6, 6.07) is 6.43. The molecule has 3 heterocycles. The van der Waals surface area contributed by atoms with Gasteiger partial charge < -0.3 is 10.1 Å². The molecular weight excluding hydrogens is 352 g/mol. The zero-order valence-electron chi connectivity index (χ0n) is 11.8. The van der Waals surface area contributed by atoms with Gasteiger partial charge in [0.1, 0.15) is 0 Å². The van der Waals surface area contributed by atoms with Gasteiger partial charge in [-0.15, -0.1) is 11.3 Å². The van der Waals surface area contributed by atoms with Crippen molar-refractivity contribution in [3.8, 4) is 5.88 Å². The number of nitrogens with zero attached hydrogens (tertiary/aromatic N) is 3. The molecule has 2 aromatic rings. The van der Waals surface area contributed by atoms with Gasteiger partial charge in [-0.05, 0) is 34.5 Å². The first-order valence-corrected chi connectivity index (χ1v) is 8.44. The van der Waals surface area contributed by atoms with E-state index in [4.69, 9.17) is 4.74 Å². The molecule has 1 atom stereocenters. The lowest BCUT2D eigenvalue weighted by Crippen LogP contribution is -2.26. The second-order valence-electron chi connectivity index (χ2n) is 4.99. The van der Waals surface area contributed by atoms with Crippen molar-refractivity contribution in [1.29, 1.82) is 0 Å². The number of ether oxygens (including phenoxy) is 1. The highest BCUT2D eigenvalue weighted by Gasteiger charge is 2.23. The van der Waals surface area contributed by atoms with Gasteiger partial charge >= 0.3 is 0 Å². The molecule has 2 aromatic heterocycles. The van der Waals surface area contributed by atoms with Gasteiger partial charge in [-0.2, -0.15) is 4.98 Å². The highest BCUT2D eigenvalue weighted by atomic mass is 79.9. The van der Waals surface area contributed by atoms with E-state index in [1.165, 1.54) is 8.66 Å². The first-order chi connectivity index (χ1) is 10.2. The van der Waals surface area contributed by atoms with Crippen molar-refractivity contribution in [2.24, 2.45) is 0 Å². The third-order valence-corrected chi connectivity index (χ3v) is 5.06. The van der Waals surface area contributed by atoms with Crippen LogP contribution in [-0.2, 0) is 6.54 Å². The zero-order chi connectivity index (χ0) is 14.7. The third kappa shape index (κ3) is 3.93. The van der Waals surface area contributed by atoms with Crippen LogP contribution >= 0.6 is 27.3 Å². The number of thiophene rings is 1. The third-order valence-electron chi connectivity index (χ3n) is 3.45. The molecule has 0 radical (unpaired) electrons. The summed E-state index contributed by atoms with van der Waals surface area (Å²) in [6.07, 6.45) is 2.82. The van der Waals surface area contributed by atoms with Crippen LogP contribution in [0.1, 0.15) is 11.3 Å². The average Bonchev–Trinajstić information content (AvgIpc) is 3.09. The maximum absolute atomic E-state index is 5.12. The Morgan fingerprint density at radius 2 is 2.38 bits per heavy atom. The summed E-state index contributed by atoms with van der Waals surface area (Å²) in [5.41, 5.74) is 0. The lowest BCUT2D eigenvalue weighted by Gasteiger charge is -2.15. The van der Waals surface area contributed by atoms with Gasteiger partial charge in [-0.3, -0.25) is 4.90 Å². The lowest BCUT2D eigenvalue weighted by atomic mass is 10.3. The highest BCUT2D eigenvalue weighted by molar-refractivity contribution is 9.11. The molecule has 0 bridgehead atoms. The summed E-state index contributed by atoms with van der Waals surface area (Å²) in [4.78, 5) is 12.4. The molecule has 1 saturated heterocycles. The van der Waals surface area contributed by atoms with Crippen molar-refractivity contribution in [3.05, 3.63) is 33.1 Å². The van der Waals surface area contributed by atoms with Crippen molar-refractivity contribution in [2.45, 2.75) is 19.0 Å². The topological polar surface area (TPSA) is 50.3 Å². The van der Waals surface area contributed by atoms with Gasteiger partial charge in [0.15, 0.2) is 0 Å². The highest BCUT2D eigenvalue weighted by Crippen LogP contribution is 2.25. The van der Waals surface area contributed by atoms with Gasteiger partial charge in [0.2, 0.25) is 11.8 Å². The molecule has 21 heavy (non-hydrogen) atoms. The number of methoxy groups -OCH3 is 1. The number of hydrogen-bond acceptors (Lipinski definition) is 6. The minimum absolute atomic E-state index is 0.389. The van der Waals surface area contributed by atoms with E-state index >= 15 is 0 Å². The van der Waals surface area contributed by atoms with Crippen LogP contribution in [0.15, 0.2) is 28.2 Å². The smallest absolute Gasteiger partial charge is 0.226 e. The van der Waals surface area contributed by atoms with Gasteiger partial charge in [0.05, 0.1) is 10.9 Å². The summed E-state index contributed by atoms with van der Waals surface area (Å²) in [5, 5.41) is 3.39. The molecule has 7 heteroatoms. The number of aromatic nitrogens is 2. The average molecular weight is 369 g/mol. The van der Waals surface area contributed by atoms with E-state index < -0.39 is 0 Å². The minimum atomic E-state index is 0.389. The summed E-state index contributed by atoms with van der Waals surface area (Å²) < 4.78 is 6.31. The molecule has 1 fully saturated rings. The van der Waals surface area contributed by atoms with E-state index in [0.717, 1.165) is 26.1 Å². The predicted molar refractivity (Wildman–Crippen MR) is 87.9 cm³/mol. The van der Waals surface area contributed by atoms with Gasteiger partial charge in [0, 0.05) is 42.8 Å². The number of anilines is 1. The van der Waals surface area contributed by atoms with E-state index in [2.05, 4.69) is 48.2 Å². The number of likely N-dealkylation sites (tertiary alicyclic amines) is 1. The quantitative estimate of drug-likeness (QED) is 0.878. The molecule has 1 unspecified atom stereocenters. The van der Waals surface area contributed by atoms with Crippen molar-refractivity contribution < 1.29 is 4.74 Å². The molecule has 0 aromatic carbocycles. The Kier molecular flexibility index (Phi) is 4.72. The molecule has 112 valence electrons. The molecular formula is C14H17BrN4OS. The lowest BCUT2D eigenvalue weighted by molar-refractivity contribution is 0.331. The minimum Gasteiger partial charge on any atom is -0.481 e. The Balaban J connectivity index is 1.54. The van der Waals surface area contributed by atoms with Crippen LogP contribution in [0.3, 0.4) is 0 Å². The first kappa shape index (κ1) is 14.7. The Morgan fingerprint density at radius 3 is 3.14 bits per heavy atom. The van der Waals surface area contributed by atoms with Gasteiger partial charge in [-0.1, -0.05) is 0 Å². The van der Waals surface area contributed by atoms with Crippen molar-refractivity contribution in [2.75, 3.05) is 25.5 Å². The fourth-order valence-electron chi connectivity index (χ4n) is 2.46. The van der Waals surface area contributed by atoms with Crippen LogP contribution in [-0.4, -0.2) is 41.1 Å². The molecule has 5 nitrogen and oxygen atoms in total. The van der Waals surface area contributed by atoms with Crippen molar-refractivity contribution in [1.82, 2.24) is 14.9 Å². The SMILES string of the molecule is COc1ccnc(NC2CCN(Cc3ccc(Br)s3)C2)n1. The first-order valence-electron chi connectivity index (χ1n) is 6.83. The Morgan fingerprint density at radius 1 is 1.48 bits per heavy atom. The van der Waals surface area contributed by atoms with E-state index in [1.54, 1.807) is 30.7 Å². The van der Waals surface area contributed by atoms with Crippen LogP contribution in [0.2, 0.25) is 0 Å². The van der Waals surface area contributed by atoms with Gasteiger partial charge in [-0.25, -0.2) is 4.98 Å². The molecule has 0 aliphatic carbocycles. The van der Waals surface area contributed by atoms with E-state index in [0.29, 0.717) is 17.9 Å². The van der Waals surface area contributed by atoms with E-state index in [-0.39, 0.29) is 0 Å². The molecule has 1 N–H and O–H groups in total. The zero-order valence-corrected chi connectivity index (χ0v) is 14.2. The van der Waals surface area contributed by atoms with E-state index in [1.807, 2.05) is 0 Å². The molecule has 0 spiro atoms. The fourth-order valence-corrected chi connectivity index (χ4v) is 3.98. The Bertz CT molecular complexity index is 606. The number of hydrogen-bond donors (Lipinski definition) is 1. The second kappa shape index (κ2) is 6.72. The molecule has 0 saturated carbocycles.